The second-order valence-electron chi connectivity index (χ2n) is 11.3. The Balaban J connectivity index is 1.16. The molecule has 2 amide bonds. The van der Waals surface area contributed by atoms with Crippen LogP contribution >= 0.6 is 0 Å². The number of amides is 2. The molecule has 3 unspecified atom stereocenters. The lowest BCUT2D eigenvalue weighted by Gasteiger charge is -2.11. The first-order valence-electron chi connectivity index (χ1n) is 16.5. The number of Topliss-reactive ketones (excluding diaryl/α,β-unsaturated/α-hetero) is 1. The van der Waals surface area contributed by atoms with Gasteiger partial charge in [0.2, 0.25) is 5.91 Å². The Kier molecular flexibility index (Phi) is 18.7. The van der Waals surface area contributed by atoms with Crippen molar-refractivity contribution >= 4 is 17.8 Å². The van der Waals surface area contributed by atoms with Gasteiger partial charge in [-0.1, -0.05) is 5.21 Å². The highest BCUT2D eigenvalue weighted by Crippen LogP contribution is 2.52. The fourth-order valence-electron chi connectivity index (χ4n) is 5.44. The fourth-order valence-corrected chi connectivity index (χ4v) is 5.44. The van der Waals surface area contributed by atoms with Crippen LogP contribution in [0.25, 0.3) is 0 Å². The van der Waals surface area contributed by atoms with Crippen molar-refractivity contribution in [1.29, 1.82) is 0 Å². The number of hydrogen-bond donors (Lipinski definition) is 2. The summed E-state index contributed by atoms with van der Waals surface area (Å²) in [7, 11) is 1.60. The molecule has 1 saturated carbocycles. The van der Waals surface area contributed by atoms with Crippen LogP contribution in [0.15, 0.2) is 0 Å². The highest BCUT2D eigenvalue weighted by molar-refractivity contribution is 5.75. The molecule has 0 bridgehead atoms. The number of ketones is 1. The monoisotopic (exact) mass is 655 g/mol. The van der Waals surface area contributed by atoms with Crippen molar-refractivity contribution in [3.05, 3.63) is 11.4 Å². The molecule has 46 heavy (non-hydrogen) atoms. The molecule has 2 aliphatic carbocycles. The highest BCUT2D eigenvalue weighted by Gasteiger charge is 2.50. The van der Waals surface area contributed by atoms with Gasteiger partial charge in [0.1, 0.15) is 5.78 Å². The van der Waals surface area contributed by atoms with E-state index in [1.165, 1.54) is 12.6 Å². The van der Waals surface area contributed by atoms with Gasteiger partial charge < -0.3 is 43.8 Å². The van der Waals surface area contributed by atoms with Crippen molar-refractivity contribution in [2.24, 2.45) is 17.8 Å². The molecule has 0 spiro atoms. The average molecular weight is 656 g/mol. The smallest absolute Gasteiger partial charge is 0.407 e. The second kappa shape index (κ2) is 22.8. The Labute approximate surface area is 271 Å². The summed E-state index contributed by atoms with van der Waals surface area (Å²) >= 11 is 0. The summed E-state index contributed by atoms with van der Waals surface area (Å²) in [6.45, 7) is 8.30. The van der Waals surface area contributed by atoms with Crippen LogP contribution in [0.1, 0.15) is 44.0 Å². The summed E-state index contributed by atoms with van der Waals surface area (Å²) in [6.07, 6.45) is 4.19. The van der Waals surface area contributed by atoms with Crippen molar-refractivity contribution in [3.63, 3.8) is 0 Å². The van der Waals surface area contributed by atoms with E-state index in [2.05, 4.69) is 20.9 Å². The quantitative estimate of drug-likeness (QED) is 0.136. The Bertz CT molecular complexity index is 1030. The van der Waals surface area contributed by atoms with Crippen molar-refractivity contribution < 1.29 is 47.5 Å². The molecule has 1 fully saturated rings. The van der Waals surface area contributed by atoms with E-state index in [4.69, 9.17) is 33.2 Å². The maximum absolute atomic E-state index is 12.2. The van der Waals surface area contributed by atoms with Gasteiger partial charge in [0.25, 0.3) is 0 Å². The highest BCUT2D eigenvalue weighted by atomic mass is 16.6. The minimum Gasteiger partial charge on any atom is -0.449 e. The molecular weight excluding hydrogens is 602 g/mol. The molecule has 0 radical (unpaired) electrons. The molecule has 1 aromatic rings. The van der Waals surface area contributed by atoms with E-state index < -0.39 is 6.09 Å². The first-order chi connectivity index (χ1) is 22.5. The third kappa shape index (κ3) is 15.3. The van der Waals surface area contributed by atoms with Gasteiger partial charge in [0, 0.05) is 26.4 Å². The second-order valence-corrected chi connectivity index (χ2v) is 11.3. The number of carbonyl (C=O) groups is 3. The normalized spacial score (nSPS) is 18.6. The lowest BCUT2D eigenvalue weighted by Crippen LogP contribution is -2.29. The molecule has 15 heteroatoms. The number of rotatable bonds is 26. The minimum atomic E-state index is -0.418. The van der Waals surface area contributed by atoms with E-state index in [1.54, 1.807) is 7.05 Å². The molecule has 2 N–H and O–H groups in total. The fraction of sp³-hybridized carbons (Fsp3) is 0.839. The predicted octanol–water partition coefficient (Wildman–Crippen LogP) is 0.960. The van der Waals surface area contributed by atoms with Crippen LogP contribution < -0.4 is 10.6 Å². The minimum absolute atomic E-state index is 0.0395. The maximum atomic E-state index is 12.2. The van der Waals surface area contributed by atoms with Gasteiger partial charge in [-0.15, -0.1) is 5.10 Å². The van der Waals surface area contributed by atoms with E-state index in [0.29, 0.717) is 130 Å². The van der Waals surface area contributed by atoms with Crippen LogP contribution in [-0.2, 0) is 62.1 Å². The van der Waals surface area contributed by atoms with Crippen molar-refractivity contribution in [2.45, 2.75) is 52.0 Å². The summed E-state index contributed by atoms with van der Waals surface area (Å²) < 4.78 is 40.2. The van der Waals surface area contributed by atoms with Gasteiger partial charge in [0.05, 0.1) is 104 Å². The zero-order valence-electron chi connectivity index (χ0n) is 27.5. The Morgan fingerprint density at radius 1 is 0.761 bits per heavy atom. The molecule has 1 heterocycles. The number of nitrogens with one attached hydrogen (secondary N) is 2. The van der Waals surface area contributed by atoms with E-state index in [-0.39, 0.29) is 11.7 Å². The lowest BCUT2D eigenvalue weighted by molar-refractivity contribution is -0.122. The molecule has 0 saturated heterocycles. The van der Waals surface area contributed by atoms with Gasteiger partial charge in [-0.05, 0) is 50.4 Å². The molecular formula is C31H53N5O10. The molecule has 15 nitrogen and oxygen atoms in total. The number of nitrogens with zero attached hydrogens (tertiary/aromatic N) is 3. The zero-order chi connectivity index (χ0) is 32.8. The van der Waals surface area contributed by atoms with Crippen molar-refractivity contribution in [3.8, 4) is 0 Å². The number of hydrogen-bond acceptors (Lipinski definition) is 12. The van der Waals surface area contributed by atoms with E-state index in [9.17, 15) is 14.4 Å². The molecule has 0 aliphatic heterocycles. The number of aromatic nitrogens is 3. The van der Waals surface area contributed by atoms with Gasteiger partial charge in [-0.3, -0.25) is 9.59 Å². The maximum Gasteiger partial charge on any atom is 0.407 e. The standard InChI is InChI=1S/C31H53N5O10/c1-24(37)7-11-40-15-19-44-21-17-42-13-9-33-31(39)46-23-27-25-3-5-28-29(6-4-26(25)27)36(35-34-28)10-14-43-18-22-45-20-16-41-12-8-30(38)32-2/h25-27H,3-23H2,1-2H3,(H,32,38)(H,33,39). The Hall–Kier alpha value is -2.69. The predicted molar refractivity (Wildman–Crippen MR) is 165 cm³/mol. The van der Waals surface area contributed by atoms with E-state index in [0.717, 1.165) is 31.4 Å². The first kappa shape index (κ1) is 37.8. The van der Waals surface area contributed by atoms with Crippen LogP contribution in [-0.4, -0.2) is 132 Å². The topological polar surface area (TPSA) is 171 Å². The molecule has 1 aromatic heterocycles. The number of aryl methyl sites for hydroxylation is 1. The Morgan fingerprint density at radius 3 is 1.96 bits per heavy atom. The zero-order valence-corrected chi connectivity index (χ0v) is 27.5. The lowest BCUT2D eigenvalue weighted by atomic mass is 10.0. The summed E-state index contributed by atoms with van der Waals surface area (Å²) in [5.41, 5.74) is 2.24. The van der Waals surface area contributed by atoms with Crippen molar-refractivity contribution in [1.82, 2.24) is 25.6 Å². The van der Waals surface area contributed by atoms with Crippen LogP contribution in [0.2, 0.25) is 0 Å². The Morgan fingerprint density at radius 2 is 1.33 bits per heavy atom. The van der Waals surface area contributed by atoms with Crippen LogP contribution in [0.4, 0.5) is 4.79 Å². The van der Waals surface area contributed by atoms with Gasteiger partial charge in [-0.25, -0.2) is 9.48 Å². The third-order valence-electron chi connectivity index (χ3n) is 8.06. The van der Waals surface area contributed by atoms with Gasteiger partial charge >= 0.3 is 6.09 Å². The average Bonchev–Trinajstić information content (AvgIpc) is 3.55. The molecule has 0 aromatic carbocycles. The first-order valence-corrected chi connectivity index (χ1v) is 16.5. The number of ether oxygens (including phenoxy) is 7. The van der Waals surface area contributed by atoms with E-state index >= 15 is 0 Å². The number of alkyl carbamates (subject to hydrolysis) is 1. The van der Waals surface area contributed by atoms with Crippen molar-refractivity contribution in [2.75, 3.05) is 99.5 Å². The largest absolute Gasteiger partial charge is 0.449 e. The van der Waals surface area contributed by atoms with Crippen LogP contribution in [0.5, 0.6) is 0 Å². The third-order valence-corrected chi connectivity index (χ3v) is 8.06. The number of carbonyl (C=O) groups excluding carboxylic acids is 3. The molecule has 262 valence electrons. The van der Waals surface area contributed by atoms with Crippen LogP contribution in [0.3, 0.4) is 0 Å². The molecule has 3 atom stereocenters. The SMILES string of the molecule is CNC(=O)CCOCCOCCOCCn1nnc2c1CCC1C(CC2)C1COC(=O)NCCOCCOCCOCCC(C)=O. The number of fused-ring (bicyclic) bond motifs is 2. The molecule has 2 aliphatic rings. The summed E-state index contributed by atoms with van der Waals surface area (Å²) in [5, 5.41) is 14.1. The summed E-state index contributed by atoms with van der Waals surface area (Å²) in [5.74, 6) is 1.56. The molecule has 3 rings (SSSR count). The van der Waals surface area contributed by atoms with Gasteiger partial charge in [-0.2, -0.15) is 0 Å². The van der Waals surface area contributed by atoms with Gasteiger partial charge in [0.15, 0.2) is 0 Å². The summed E-state index contributed by atoms with van der Waals surface area (Å²) in [6, 6.07) is 0. The van der Waals surface area contributed by atoms with E-state index in [1.807, 2.05) is 4.68 Å². The van der Waals surface area contributed by atoms with Crippen LogP contribution in [0, 0.1) is 17.8 Å². The summed E-state index contributed by atoms with van der Waals surface area (Å²) in [4.78, 5) is 34.1.